The summed E-state index contributed by atoms with van der Waals surface area (Å²) >= 11 is 0. The van der Waals surface area contributed by atoms with E-state index in [1.165, 1.54) is 5.69 Å². The van der Waals surface area contributed by atoms with Crippen molar-refractivity contribution in [2.24, 2.45) is 10.1 Å². The molecule has 0 aliphatic carbocycles. The van der Waals surface area contributed by atoms with Crippen LogP contribution in [0.15, 0.2) is 46.9 Å². The van der Waals surface area contributed by atoms with Gasteiger partial charge in [-0.2, -0.15) is 9.78 Å². The van der Waals surface area contributed by atoms with Gasteiger partial charge in [-0.15, -0.1) is 10.2 Å². The fourth-order valence-electron chi connectivity index (χ4n) is 3.26. The molecule has 3 heterocycles. The summed E-state index contributed by atoms with van der Waals surface area (Å²) in [6.07, 6.45) is 4.89. The third-order valence-electron chi connectivity index (χ3n) is 4.78. The summed E-state index contributed by atoms with van der Waals surface area (Å²) in [5.74, 6) is 1.17. The lowest BCUT2D eigenvalue weighted by molar-refractivity contribution is 0.865. The van der Waals surface area contributed by atoms with E-state index in [9.17, 15) is 0 Å². The lowest BCUT2D eigenvalue weighted by Gasteiger charge is -2.21. The van der Waals surface area contributed by atoms with Gasteiger partial charge in [0.05, 0.1) is 17.6 Å². The maximum atomic E-state index is 4.85. The Labute approximate surface area is 163 Å². The van der Waals surface area contributed by atoms with Gasteiger partial charge in [-0.3, -0.25) is 4.98 Å². The Bertz CT molecular complexity index is 1060. The predicted molar refractivity (Wildman–Crippen MR) is 110 cm³/mol. The number of aryl methyl sites for hydroxylation is 1. The highest BCUT2D eigenvalue weighted by Crippen LogP contribution is 2.27. The first-order chi connectivity index (χ1) is 13.6. The van der Waals surface area contributed by atoms with E-state index >= 15 is 0 Å². The second-order valence-electron chi connectivity index (χ2n) is 6.54. The Balaban J connectivity index is 1.72. The van der Waals surface area contributed by atoms with Crippen LogP contribution in [0.1, 0.15) is 32.2 Å². The molecule has 3 aromatic rings. The van der Waals surface area contributed by atoms with E-state index in [-0.39, 0.29) is 0 Å². The number of benzene rings is 1. The van der Waals surface area contributed by atoms with E-state index in [2.05, 4.69) is 63.1 Å². The van der Waals surface area contributed by atoms with Crippen molar-refractivity contribution in [3.8, 4) is 11.5 Å². The molecule has 4 rings (SSSR count). The Morgan fingerprint density at radius 1 is 1.04 bits per heavy atom. The second kappa shape index (κ2) is 7.30. The van der Waals surface area contributed by atoms with Crippen molar-refractivity contribution >= 4 is 22.8 Å². The van der Waals surface area contributed by atoms with Gasteiger partial charge in [0.25, 0.3) is 0 Å². The molecule has 1 aliphatic rings. The average molecular weight is 374 g/mol. The molecule has 0 atom stereocenters. The number of nitrogens with zero attached hydrogens (tertiary/aromatic N) is 8. The molecule has 142 valence electrons. The molecule has 8 heteroatoms. The molecule has 0 spiro atoms. The molecule has 0 fully saturated rings. The highest BCUT2D eigenvalue weighted by molar-refractivity contribution is 6.48. The minimum Gasteiger partial charge on any atom is -0.372 e. The van der Waals surface area contributed by atoms with Gasteiger partial charge in [0.1, 0.15) is 11.4 Å². The van der Waals surface area contributed by atoms with Crippen LogP contribution < -0.4 is 4.90 Å². The van der Waals surface area contributed by atoms with E-state index in [0.717, 1.165) is 35.8 Å². The van der Waals surface area contributed by atoms with Gasteiger partial charge in [-0.1, -0.05) is 0 Å². The van der Waals surface area contributed by atoms with Gasteiger partial charge < -0.3 is 4.90 Å². The molecule has 0 unspecified atom stereocenters. The normalized spacial score (nSPS) is 14.3. The molecule has 28 heavy (non-hydrogen) atoms. The van der Waals surface area contributed by atoms with Gasteiger partial charge in [0.2, 0.25) is 11.6 Å². The molecule has 8 nitrogen and oxygen atoms in total. The number of aliphatic imine (C=N–C) groups is 1. The Kier molecular flexibility index (Phi) is 4.68. The van der Waals surface area contributed by atoms with Gasteiger partial charge >= 0.3 is 0 Å². The molecular weight excluding hydrogens is 352 g/mol. The van der Waals surface area contributed by atoms with Crippen LogP contribution >= 0.6 is 0 Å². The van der Waals surface area contributed by atoms with Gasteiger partial charge in [0, 0.05) is 31.2 Å². The lowest BCUT2D eigenvalue weighted by Crippen LogP contribution is -2.21. The summed E-state index contributed by atoms with van der Waals surface area (Å²) in [6.45, 7) is 10.3. The first kappa shape index (κ1) is 18.0. The SMILES string of the molecule is CCN(CC)c1ccc(N=C2C(C)=Nn3c2nnc3-c2cnccn2)c(C)c1. The third-order valence-corrected chi connectivity index (χ3v) is 4.78. The second-order valence-corrected chi connectivity index (χ2v) is 6.54. The van der Waals surface area contributed by atoms with Crippen molar-refractivity contribution in [2.75, 3.05) is 18.0 Å². The van der Waals surface area contributed by atoms with Crippen LogP contribution in [-0.4, -0.2) is 49.4 Å². The maximum Gasteiger partial charge on any atom is 0.205 e. The standard InChI is InChI=1S/C20H22N8/c1-5-27(6-2)15-7-8-16(13(3)11-15)23-18-14(4)26-28-19(24-25-20(18)28)17-12-21-9-10-22-17/h7-12H,5-6H2,1-4H3. The topological polar surface area (TPSA) is 84.5 Å². The van der Waals surface area contributed by atoms with E-state index in [1.807, 2.05) is 13.0 Å². The molecular formula is C20H22N8. The number of hydrogen-bond donors (Lipinski definition) is 0. The minimum atomic E-state index is 0.557. The van der Waals surface area contributed by atoms with Crippen LogP contribution in [0, 0.1) is 6.92 Å². The van der Waals surface area contributed by atoms with E-state index < -0.39 is 0 Å². The Morgan fingerprint density at radius 2 is 1.82 bits per heavy atom. The van der Waals surface area contributed by atoms with Crippen molar-refractivity contribution in [2.45, 2.75) is 27.7 Å². The molecule has 0 bridgehead atoms. The lowest BCUT2D eigenvalue weighted by atomic mass is 10.1. The summed E-state index contributed by atoms with van der Waals surface area (Å²) in [6, 6.07) is 6.33. The summed E-state index contributed by atoms with van der Waals surface area (Å²) < 4.78 is 1.68. The monoisotopic (exact) mass is 374 g/mol. The van der Waals surface area contributed by atoms with E-state index in [0.29, 0.717) is 17.3 Å². The Hall–Kier alpha value is -3.42. The fraction of sp³-hybridized carbons (Fsp3) is 0.300. The summed E-state index contributed by atoms with van der Waals surface area (Å²) in [5, 5.41) is 13.1. The summed E-state index contributed by atoms with van der Waals surface area (Å²) in [4.78, 5) is 15.5. The predicted octanol–water partition coefficient (Wildman–Crippen LogP) is 3.25. The molecule has 2 aromatic heterocycles. The quantitative estimate of drug-likeness (QED) is 0.684. The summed E-state index contributed by atoms with van der Waals surface area (Å²) in [5.41, 5.74) is 5.36. The highest BCUT2D eigenvalue weighted by Gasteiger charge is 2.27. The minimum absolute atomic E-state index is 0.557. The zero-order valence-electron chi connectivity index (χ0n) is 16.5. The molecule has 1 aromatic carbocycles. The van der Waals surface area contributed by atoms with Crippen LogP contribution in [0.2, 0.25) is 0 Å². The van der Waals surface area contributed by atoms with Crippen LogP contribution in [0.4, 0.5) is 11.4 Å². The van der Waals surface area contributed by atoms with Crippen molar-refractivity contribution < 1.29 is 0 Å². The maximum absolute atomic E-state index is 4.85. The van der Waals surface area contributed by atoms with Crippen LogP contribution in [0.3, 0.4) is 0 Å². The molecule has 0 amide bonds. The third kappa shape index (κ3) is 3.06. The van der Waals surface area contributed by atoms with Crippen molar-refractivity contribution in [3.05, 3.63) is 48.2 Å². The molecule has 0 N–H and O–H groups in total. The van der Waals surface area contributed by atoms with Crippen LogP contribution in [-0.2, 0) is 0 Å². The summed E-state index contributed by atoms with van der Waals surface area (Å²) in [7, 11) is 0. The Morgan fingerprint density at radius 3 is 2.50 bits per heavy atom. The molecule has 0 radical (unpaired) electrons. The fourth-order valence-corrected chi connectivity index (χ4v) is 3.26. The van der Waals surface area contributed by atoms with Crippen molar-refractivity contribution in [1.29, 1.82) is 0 Å². The van der Waals surface area contributed by atoms with Gasteiger partial charge in [-0.05, 0) is 51.5 Å². The largest absolute Gasteiger partial charge is 0.372 e. The molecule has 0 saturated heterocycles. The zero-order chi connectivity index (χ0) is 19.7. The number of aromatic nitrogens is 5. The zero-order valence-corrected chi connectivity index (χ0v) is 16.5. The van der Waals surface area contributed by atoms with Crippen LogP contribution in [0.5, 0.6) is 0 Å². The van der Waals surface area contributed by atoms with E-state index in [1.54, 1.807) is 23.3 Å². The smallest absolute Gasteiger partial charge is 0.205 e. The highest BCUT2D eigenvalue weighted by atomic mass is 15.5. The average Bonchev–Trinajstić information content (AvgIpc) is 3.24. The number of hydrogen-bond acceptors (Lipinski definition) is 7. The van der Waals surface area contributed by atoms with Crippen molar-refractivity contribution in [3.63, 3.8) is 0 Å². The number of rotatable bonds is 5. The molecule has 0 saturated carbocycles. The van der Waals surface area contributed by atoms with E-state index in [4.69, 9.17) is 4.99 Å². The first-order valence-corrected chi connectivity index (χ1v) is 9.34. The number of anilines is 1. The number of fused-ring (bicyclic) bond motifs is 1. The first-order valence-electron chi connectivity index (χ1n) is 9.34. The van der Waals surface area contributed by atoms with Gasteiger partial charge in [-0.25, -0.2) is 9.98 Å². The molecule has 1 aliphatic heterocycles. The van der Waals surface area contributed by atoms with Crippen molar-refractivity contribution in [1.82, 2.24) is 24.8 Å². The van der Waals surface area contributed by atoms with Gasteiger partial charge in [0.15, 0.2) is 0 Å². The van der Waals surface area contributed by atoms with Crippen LogP contribution in [0.25, 0.3) is 11.5 Å².